The molecule has 6 heteroatoms. The van der Waals surface area contributed by atoms with Gasteiger partial charge in [-0.25, -0.2) is 17.6 Å². The van der Waals surface area contributed by atoms with Gasteiger partial charge in [-0.15, -0.1) is 0 Å². The molecule has 1 fully saturated rings. The van der Waals surface area contributed by atoms with E-state index in [1.807, 2.05) is 0 Å². The highest BCUT2D eigenvalue weighted by Crippen LogP contribution is 2.37. The van der Waals surface area contributed by atoms with Crippen molar-refractivity contribution in [3.8, 4) is 0 Å². The molecule has 1 N–H and O–H groups in total. The van der Waals surface area contributed by atoms with E-state index in [0.717, 1.165) is 0 Å². The molecule has 0 unspecified atom stereocenters. The molecule has 0 aromatic heterocycles. The number of piperidine rings is 1. The van der Waals surface area contributed by atoms with Crippen LogP contribution in [-0.2, 0) is 4.74 Å². The molecule has 0 radical (unpaired) electrons. The van der Waals surface area contributed by atoms with E-state index in [0.29, 0.717) is 25.9 Å². The normalized spacial score (nSPS) is 22.0. The maximum absolute atomic E-state index is 12.9. The summed E-state index contributed by atoms with van der Waals surface area (Å²) >= 11 is 0. The number of ether oxygens (including phenoxy) is 1. The highest BCUT2D eigenvalue weighted by Gasteiger charge is 2.49. The molecule has 15 heavy (non-hydrogen) atoms. The van der Waals surface area contributed by atoms with Gasteiger partial charge in [0.25, 0.3) is 0 Å². The lowest BCUT2D eigenvalue weighted by Crippen LogP contribution is -2.48. The van der Waals surface area contributed by atoms with Gasteiger partial charge >= 0.3 is 12.3 Å². The molecule has 1 aliphatic heterocycles. The second kappa shape index (κ2) is 4.65. The zero-order valence-corrected chi connectivity index (χ0v) is 8.53. The van der Waals surface area contributed by atoms with E-state index in [-0.39, 0.29) is 0 Å². The number of methoxy groups -OCH3 is 1. The fourth-order valence-electron chi connectivity index (χ4n) is 1.84. The summed E-state index contributed by atoms with van der Waals surface area (Å²) in [6.45, 7) is 1.04. The average molecular weight is 229 g/mol. The van der Waals surface area contributed by atoms with Crippen LogP contribution in [0.4, 0.5) is 17.6 Å². The minimum absolute atomic E-state index is 0.339. The summed E-state index contributed by atoms with van der Waals surface area (Å²) in [5.74, 6) is -3.96. The maximum Gasteiger partial charge on any atom is 0.310 e. The molecule has 0 aliphatic carbocycles. The Hall–Kier alpha value is -0.360. The molecule has 0 aromatic rings. The Morgan fingerprint density at radius 2 is 1.87 bits per heavy atom. The fourth-order valence-corrected chi connectivity index (χ4v) is 1.84. The minimum Gasteiger partial charge on any atom is -0.378 e. The molecule has 1 saturated heterocycles. The molecule has 0 saturated carbocycles. The van der Waals surface area contributed by atoms with Crippen LogP contribution in [0.3, 0.4) is 0 Å². The van der Waals surface area contributed by atoms with Gasteiger partial charge in [0.2, 0.25) is 0 Å². The molecular weight excluding hydrogens is 214 g/mol. The number of rotatable bonds is 4. The molecular formula is C9H15F4NO. The molecule has 90 valence electrons. The summed E-state index contributed by atoms with van der Waals surface area (Å²) in [6, 6.07) is 0. The number of hydrogen-bond donors (Lipinski definition) is 1. The van der Waals surface area contributed by atoms with Crippen LogP contribution >= 0.6 is 0 Å². The van der Waals surface area contributed by atoms with Crippen LogP contribution in [0, 0.1) is 0 Å². The summed E-state index contributed by atoms with van der Waals surface area (Å²) in [5, 5.41) is 2.98. The van der Waals surface area contributed by atoms with Crippen molar-refractivity contribution in [1.82, 2.24) is 5.32 Å². The quantitative estimate of drug-likeness (QED) is 0.745. The number of alkyl halides is 4. The standard InChI is InChI=1S/C9H15F4NO/c1-15-8(2-4-14-5-3-8)6-9(12,13)7(10)11/h7,14H,2-6H2,1H3. The van der Waals surface area contributed by atoms with Crippen LogP contribution in [0.2, 0.25) is 0 Å². The lowest BCUT2D eigenvalue weighted by molar-refractivity contribution is -0.179. The van der Waals surface area contributed by atoms with Gasteiger partial charge in [0.05, 0.1) is 5.60 Å². The van der Waals surface area contributed by atoms with Gasteiger partial charge in [-0.05, 0) is 25.9 Å². The van der Waals surface area contributed by atoms with E-state index in [4.69, 9.17) is 4.74 Å². The Morgan fingerprint density at radius 1 is 1.33 bits per heavy atom. The van der Waals surface area contributed by atoms with Crippen molar-refractivity contribution in [1.29, 1.82) is 0 Å². The molecule has 1 aliphatic rings. The predicted octanol–water partition coefficient (Wildman–Crippen LogP) is 2.05. The van der Waals surface area contributed by atoms with E-state index in [2.05, 4.69) is 5.32 Å². The summed E-state index contributed by atoms with van der Waals surface area (Å²) < 4.78 is 54.9. The smallest absolute Gasteiger partial charge is 0.310 e. The van der Waals surface area contributed by atoms with Crippen LogP contribution in [0.1, 0.15) is 19.3 Å². The van der Waals surface area contributed by atoms with Crippen LogP contribution in [0.15, 0.2) is 0 Å². The van der Waals surface area contributed by atoms with E-state index in [1.165, 1.54) is 7.11 Å². The first-order valence-electron chi connectivity index (χ1n) is 4.84. The predicted molar refractivity (Wildman–Crippen MR) is 47.4 cm³/mol. The topological polar surface area (TPSA) is 21.3 Å². The van der Waals surface area contributed by atoms with Crippen LogP contribution in [0.5, 0.6) is 0 Å². The Morgan fingerprint density at radius 3 is 2.27 bits per heavy atom. The molecule has 1 heterocycles. The molecule has 1 rings (SSSR count). The van der Waals surface area contributed by atoms with Gasteiger partial charge in [0.15, 0.2) is 0 Å². The summed E-state index contributed by atoms with van der Waals surface area (Å²) in [7, 11) is 1.30. The Kier molecular flexibility index (Phi) is 3.94. The van der Waals surface area contributed by atoms with Crippen LogP contribution < -0.4 is 5.32 Å². The molecule has 0 amide bonds. The first kappa shape index (κ1) is 12.7. The van der Waals surface area contributed by atoms with E-state index >= 15 is 0 Å². The summed E-state index contributed by atoms with van der Waals surface area (Å²) in [5.41, 5.74) is -1.11. The zero-order chi connectivity index (χ0) is 11.5. The first-order valence-corrected chi connectivity index (χ1v) is 4.84. The third-order valence-electron chi connectivity index (χ3n) is 2.82. The third-order valence-corrected chi connectivity index (χ3v) is 2.82. The Balaban J connectivity index is 2.66. The van der Waals surface area contributed by atoms with Gasteiger partial charge < -0.3 is 10.1 Å². The van der Waals surface area contributed by atoms with Crippen molar-refractivity contribution in [2.45, 2.75) is 37.2 Å². The van der Waals surface area contributed by atoms with E-state index in [9.17, 15) is 17.6 Å². The van der Waals surface area contributed by atoms with Gasteiger partial charge in [-0.1, -0.05) is 0 Å². The van der Waals surface area contributed by atoms with Crippen molar-refractivity contribution >= 4 is 0 Å². The lowest BCUT2D eigenvalue weighted by Gasteiger charge is -2.38. The number of nitrogens with one attached hydrogen (secondary N) is 1. The average Bonchev–Trinajstić information content (AvgIpc) is 2.18. The van der Waals surface area contributed by atoms with Gasteiger partial charge in [0.1, 0.15) is 0 Å². The lowest BCUT2D eigenvalue weighted by atomic mass is 9.86. The zero-order valence-electron chi connectivity index (χ0n) is 8.53. The molecule has 0 aromatic carbocycles. The molecule has 0 bridgehead atoms. The van der Waals surface area contributed by atoms with Crippen molar-refractivity contribution in [3.63, 3.8) is 0 Å². The third kappa shape index (κ3) is 3.04. The van der Waals surface area contributed by atoms with Crippen LogP contribution in [0.25, 0.3) is 0 Å². The summed E-state index contributed by atoms with van der Waals surface area (Å²) in [6.07, 6.45) is -3.85. The van der Waals surface area contributed by atoms with Gasteiger partial charge in [0, 0.05) is 13.5 Å². The summed E-state index contributed by atoms with van der Waals surface area (Å²) in [4.78, 5) is 0. The SMILES string of the molecule is COC1(CC(F)(F)C(F)F)CCNCC1. The van der Waals surface area contributed by atoms with Crippen molar-refractivity contribution in [2.75, 3.05) is 20.2 Å². The highest BCUT2D eigenvalue weighted by atomic mass is 19.3. The van der Waals surface area contributed by atoms with Crippen molar-refractivity contribution in [3.05, 3.63) is 0 Å². The number of halogens is 4. The Labute approximate surface area is 86.0 Å². The second-order valence-corrected chi connectivity index (χ2v) is 3.88. The maximum atomic E-state index is 12.9. The second-order valence-electron chi connectivity index (χ2n) is 3.88. The van der Waals surface area contributed by atoms with Crippen molar-refractivity contribution < 1.29 is 22.3 Å². The highest BCUT2D eigenvalue weighted by molar-refractivity contribution is 4.91. The minimum atomic E-state index is -3.96. The van der Waals surface area contributed by atoms with Gasteiger partial charge in [-0.2, -0.15) is 0 Å². The van der Waals surface area contributed by atoms with Gasteiger partial charge in [-0.3, -0.25) is 0 Å². The first-order chi connectivity index (χ1) is 6.92. The Bertz CT molecular complexity index is 204. The number of hydrogen-bond acceptors (Lipinski definition) is 2. The largest absolute Gasteiger partial charge is 0.378 e. The molecule has 0 atom stereocenters. The van der Waals surface area contributed by atoms with E-state index < -0.39 is 24.4 Å². The fraction of sp³-hybridized carbons (Fsp3) is 1.00. The monoisotopic (exact) mass is 229 g/mol. The van der Waals surface area contributed by atoms with Crippen LogP contribution in [-0.4, -0.2) is 38.1 Å². The van der Waals surface area contributed by atoms with Crippen molar-refractivity contribution in [2.24, 2.45) is 0 Å². The molecule has 2 nitrogen and oxygen atoms in total. The molecule has 0 spiro atoms. The van der Waals surface area contributed by atoms with E-state index in [1.54, 1.807) is 0 Å².